The number of ether oxygens (including phenoxy) is 1. The van der Waals surface area contributed by atoms with Crippen molar-refractivity contribution in [2.45, 2.75) is 19.9 Å². The van der Waals surface area contributed by atoms with Gasteiger partial charge >= 0.3 is 0 Å². The lowest BCUT2D eigenvalue weighted by molar-refractivity contribution is -0.140. The van der Waals surface area contributed by atoms with Gasteiger partial charge in [0.25, 0.3) is 11.7 Å². The number of hydrogen-bond donors (Lipinski definition) is 1. The van der Waals surface area contributed by atoms with Crippen molar-refractivity contribution in [2.75, 3.05) is 33.3 Å². The van der Waals surface area contributed by atoms with Gasteiger partial charge in [-0.2, -0.15) is 0 Å². The minimum Gasteiger partial charge on any atom is -0.507 e. The van der Waals surface area contributed by atoms with Crippen molar-refractivity contribution in [3.63, 3.8) is 0 Å². The van der Waals surface area contributed by atoms with Gasteiger partial charge in [-0.1, -0.05) is 13.8 Å². The first-order chi connectivity index (χ1) is 14.0. The summed E-state index contributed by atoms with van der Waals surface area (Å²) in [6.45, 7) is 6.77. The molecule has 0 aliphatic carbocycles. The van der Waals surface area contributed by atoms with Gasteiger partial charge in [0, 0.05) is 18.7 Å². The first-order valence-electron chi connectivity index (χ1n) is 9.70. The van der Waals surface area contributed by atoms with Gasteiger partial charge in [0.2, 0.25) is 0 Å². The molecular weight excluding hydrogens is 372 g/mol. The summed E-state index contributed by atoms with van der Waals surface area (Å²) in [5.41, 5.74) is 0.471. The van der Waals surface area contributed by atoms with Crippen LogP contribution < -0.4 is 4.74 Å². The zero-order valence-electron chi connectivity index (χ0n) is 16.9. The van der Waals surface area contributed by atoms with E-state index in [1.807, 2.05) is 13.8 Å². The van der Waals surface area contributed by atoms with Crippen molar-refractivity contribution in [1.82, 2.24) is 9.80 Å². The molecule has 2 heterocycles. The van der Waals surface area contributed by atoms with Gasteiger partial charge in [0.15, 0.2) is 0 Å². The summed E-state index contributed by atoms with van der Waals surface area (Å²) in [4.78, 5) is 29.3. The second-order valence-electron chi connectivity index (χ2n) is 6.76. The molecule has 1 unspecified atom stereocenters. The Morgan fingerprint density at radius 2 is 1.86 bits per heavy atom. The van der Waals surface area contributed by atoms with Crippen LogP contribution in [0.1, 0.15) is 31.2 Å². The van der Waals surface area contributed by atoms with Crippen molar-refractivity contribution in [3.05, 3.63) is 59.6 Å². The van der Waals surface area contributed by atoms with Crippen molar-refractivity contribution in [1.29, 1.82) is 0 Å². The molecule has 1 aliphatic rings. The lowest BCUT2D eigenvalue weighted by atomic mass is 9.99. The van der Waals surface area contributed by atoms with Crippen LogP contribution in [0.5, 0.6) is 5.75 Å². The van der Waals surface area contributed by atoms with E-state index >= 15 is 0 Å². The molecule has 1 amide bonds. The molecule has 1 N–H and O–H groups in total. The molecule has 29 heavy (non-hydrogen) atoms. The predicted octanol–water partition coefficient (Wildman–Crippen LogP) is 3.05. The summed E-state index contributed by atoms with van der Waals surface area (Å²) in [5, 5.41) is 10.9. The summed E-state index contributed by atoms with van der Waals surface area (Å²) >= 11 is 0. The summed E-state index contributed by atoms with van der Waals surface area (Å²) in [5.74, 6) is -0.492. The number of amides is 1. The molecule has 3 rings (SSSR count). The van der Waals surface area contributed by atoms with Crippen molar-refractivity contribution >= 4 is 17.4 Å². The molecule has 1 aliphatic heterocycles. The lowest BCUT2D eigenvalue weighted by Gasteiger charge is -2.26. The number of benzene rings is 1. The second kappa shape index (κ2) is 8.96. The molecule has 0 radical (unpaired) electrons. The molecule has 1 atom stereocenters. The molecule has 0 saturated carbocycles. The van der Waals surface area contributed by atoms with Crippen molar-refractivity contribution in [2.24, 2.45) is 0 Å². The maximum absolute atomic E-state index is 12.9. The van der Waals surface area contributed by atoms with Crippen LogP contribution in [0.4, 0.5) is 0 Å². The number of rotatable bonds is 8. The number of ketones is 1. The van der Waals surface area contributed by atoms with Gasteiger partial charge in [0.1, 0.15) is 23.3 Å². The lowest BCUT2D eigenvalue weighted by Crippen LogP contribution is -2.37. The van der Waals surface area contributed by atoms with Gasteiger partial charge in [0.05, 0.1) is 18.9 Å². The second-order valence-corrected chi connectivity index (χ2v) is 6.76. The average Bonchev–Trinajstić information content (AvgIpc) is 3.36. The van der Waals surface area contributed by atoms with Crippen LogP contribution in [0.2, 0.25) is 0 Å². The maximum atomic E-state index is 12.9. The number of carbonyl (C=O) groups is 2. The van der Waals surface area contributed by atoms with Crippen molar-refractivity contribution < 1.29 is 23.8 Å². The van der Waals surface area contributed by atoms with E-state index in [1.54, 1.807) is 43.5 Å². The van der Waals surface area contributed by atoms with Gasteiger partial charge in [-0.15, -0.1) is 0 Å². The van der Waals surface area contributed by atoms with Crippen LogP contribution in [0.25, 0.3) is 5.76 Å². The van der Waals surface area contributed by atoms with E-state index in [0.717, 1.165) is 13.1 Å². The van der Waals surface area contributed by atoms with Crippen LogP contribution >= 0.6 is 0 Å². The molecule has 7 nitrogen and oxygen atoms in total. The summed E-state index contributed by atoms with van der Waals surface area (Å²) in [6, 6.07) is 9.33. The maximum Gasteiger partial charge on any atom is 0.295 e. The number of Topliss-reactive ketones (excluding diaryl/α,β-unsaturated/α-hetero) is 1. The number of aliphatic hydroxyl groups excluding tert-OH is 1. The largest absolute Gasteiger partial charge is 0.507 e. The molecular formula is C22H26N2O5. The summed E-state index contributed by atoms with van der Waals surface area (Å²) < 4.78 is 10.7. The molecule has 154 valence electrons. The Hall–Kier alpha value is -3.06. The quantitative estimate of drug-likeness (QED) is 0.418. The molecule has 1 aromatic carbocycles. The predicted molar refractivity (Wildman–Crippen MR) is 108 cm³/mol. The fourth-order valence-electron chi connectivity index (χ4n) is 3.55. The highest BCUT2D eigenvalue weighted by Crippen LogP contribution is 2.39. The molecule has 2 aromatic rings. The standard InChI is InChI=1S/C22H26N2O5/c1-4-23(5-2)12-13-24-19(17-7-6-14-29-17)18(21(26)22(24)27)20(25)15-8-10-16(28-3)11-9-15/h6-11,14,19,25H,4-5,12-13H2,1-3H3/b20-18-. The van der Waals surface area contributed by atoms with Crippen LogP contribution in [0, 0.1) is 0 Å². The fraction of sp³-hybridized carbons (Fsp3) is 0.364. The number of methoxy groups -OCH3 is 1. The van der Waals surface area contributed by atoms with Crippen LogP contribution in [-0.4, -0.2) is 59.9 Å². The third kappa shape index (κ3) is 4.05. The molecule has 1 saturated heterocycles. The van der Waals surface area contributed by atoms with E-state index in [4.69, 9.17) is 9.15 Å². The number of likely N-dealkylation sites (tertiary alicyclic amines) is 1. The number of furan rings is 1. The highest BCUT2D eigenvalue weighted by molar-refractivity contribution is 6.46. The van der Waals surface area contributed by atoms with E-state index < -0.39 is 17.7 Å². The topological polar surface area (TPSA) is 83.2 Å². The summed E-state index contributed by atoms with van der Waals surface area (Å²) in [7, 11) is 1.55. The number of hydrogen-bond acceptors (Lipinski definition) is 6. The molecule has 1 aromatic heterocycles. The van der Waals surface area contributed by atoms with Gasteiger partial charge < -0.3 is 24.1 Å². The Kier molecular flexibility index (Phi) is 6.39. The SMILES string of the molecule is CCN(CC)CCN1C(=O)C(=O)/C(=C(\O)c2ccc(OC)cc2)C1c1ccco1. The molecule has 7 heteroatoms. The first kappa shape index (κ1) is 20.7. The Morgan fingerprint density at radius 3 is 2.41 bits per heavy atom. The van der Waals surface area contributed by atoms with Gasteiger partial charge in [-0.25, -0.2) is 0 Å². The Bertz CT molecular complexity index is 882. The van der Waals surface area contributed by atoms with E-state index in [9.17, 15) is 14.7 Å². The van der Waals surface area contributed by atoms with Gasteiger partial charge in [-0.05, 0) is 49.5 Å². The zero-order valence-corrected chi connectivity index (χ0v) is 16.9. The Morgan fingerprint density at radius 1 is 1.17 bits per heavy atom. The summed E-state index contributed by atoms with van der Waals surface area (Å²) in [6.07, 6.45) is 1.49. The van der Waals surface area contributed by atoms with E-state index in [2.05, 4.69) is 4.90 Å². The number of aliphatic hydroxyl groups is 1. The normalized spacial score (nSPS) is 18.6. The van der Waals surface area contributed by atoms with E-state index in [-0.39, 0.29) is 11.3 Å². The van der Waals surface area contributed by atoms with E-state index in [1.165, 1.54) is 11.2 Å². The number of nitrogens with zero attached hydrogens (tertiary/aromatic N) is 2. The minimum absolute atomic E-state index is 0.0367. The Labute approximate surface area is 170 Å². The monoisotopic (exact) mass is 398 g/mol. The smallest absolute Gasteiger partial charge is 0.295 e. The highest BCUT2D eigenvalue weighted by atomic mass is 16.5. The first-order valence-corrected chi connectivity index (χ1v) is 9.70. The van der Waals surface area contributed by atoms with Crippen LogP contribution in [0.15, 0.2) is 52.7 Å². The highest BCUT2D eigenvalue weighted by Gasteiger charge is 2.47. The average molecular weight is 398 g/mol. The van der Waals surface area contributed by atoms with Crippen LogP contribution in [0.3, 0.4) is 0 Å². The van der Waals surface area contributed by atoms with Crippen LogP contribution in [-0.2, 0) is 9.59 Å². The molecule has 1 fully saturated rings. The fourth-order valence-corrected chi connectivity index (χ4v) is 3.55. The van der Waals surface area contributed by atoms with E-state index in [0.29, 0.717) is 30.2 Å². The number of likely N-dealkylation sites (N-methyl/N-ethyl adjacent to an activating group) is 1. The minimum atomic E-state index is -0.761. The zero-order chi connectivity index (χ0) is 21.0. The van der Waals surface area contributed by atoms with Crippen molar-refractivity contribution in [3.8, 4) is 5.75 Å². The third-order valence-electron chi connectivity index (χ3n) is 5.27. The number of carbonyl (C=O) groups excluding carboxylic acids is 2. The molecule has 0 bridgehead atoms. The Balaban J connectivity index is 2.02. The van der Waals surface area contributed by atoms with Gasteiger partial charge in [-0.3, -0.25) is 9.59 Å². The molecule has 0 spiro atoms. The third-order valence-corrected chi connectivity index (χ3v) is 5.27.